The average Bonchev–Trinajstić information content (AvgIpc) is 2.16. The van der Waals surface area contributed by atoms with E-state index in [0.29, 0.717) is 5.56 Å². The number of amides is 1. The molecule has 0 saturated carbocycles. The Morgan fingerprint density at radius 1 is 1.31 bits per heavy atom. The molecule has 88 valence electrons. The van der Waals surface area contributed by atoms with Gasteiger partial charge >= 0.3 is 0 Å². The molecular weight excluding hydrogens is 228 g/mol. The van der Waals surface area contributed by atoms with Gasteiger partial charge in [-0.05, 0) is 11.6 Å². The fourth-order valence-corrected chi connectivity index (χ4v) is 2.02. The number of nitrogens with two attached hydrogens (primary N) is 1. The molecule has 0 aliphatic heterocycles. The SMILES string of the molecule is CN(C)C(=O)Cc1ccccc1S(N)(=O)=O. The molecule has 0 aliphatic carbocycles. The lowest BCUT2D eigenvalue weighted by molar-refractivity contribution is -0.127. The van der Waals surface area contributed by atoms with Gasteiger partial charge in [-0.2, -0.15) is 0 Å². The first kappa shape index (κ1) is 12.7. The number of benzene rings is 1. The Morgan fingerprint density at radius 2 is 1.88 bits per heavy atom. The van der Waals surface area contributed by atoms with Crippen LogP contribution in [0.25, 0.3) is 0 Å². The maximum absolute atomic E-state index is 11.5. The number of rotatable bonds is 3. The summed E-state index contributed by atoms with van der Waals surface area (Å²) >= 11 is 0. The molecule has 0 aromatic heterocycles. The number of carbonyl (C=O) groups excluding carboxylic acids is 1. The Labute approximate surface area is 94.9 Å². The number of nitrogens with zero attached hydrogens (tertiary/aromatic N) is 1. The first-order chi connectivity index (χ1) is 7.32. The predicted molar refractivity (Wildman–Crippen MR) is 60.2 cm³/mol. The summed E-state index contributed by atoms with van der Waals surface area (Å²) in [6.07, 6.45) is 0.0274. The average molecular weight is 242 g/mol. The summed E-state index contributed by atoms with van der Waals surface area (Å²) in [7, 11) is -0.550. The van der Waals surface area contributed by atoms with Gasteiger partial charge in [0.25, 0.3) is 0 Å². The Balaban J connectivity index is 3.11. The Hall–Kier alpha value is -1.40. The monoisotopic (exact) mass is 242 g/mol. The fourth-order valence-electron chi connectivity index (χ4n) is 1.25. The predicted octanol–water partition coefficient (Wildman–Crippen LogP) is -0.0353. The Bertz CT molecular complexity index is 495. The highest BCUT2D eigenvalue weighted by atomic mass is 32.2. The molecule has 0 radical (unpaired) electrons. The number of sulfonamides is 1. The van der Waals surface area contributed by atoms with E-state index in [1.807, 2.05) is 0 Å². The fraction of sp³-hybridized carbons (Fsp3) is 0.300. The summed E-state index contributed by atoms with van der Waals surface area (Å²) in [5.74, 6) is -0.170. The maximum atomic E-state index is 11.5. The third-order valence-corrected chi connectivity index (χ3v) is 3.13. The number of hydrogen-bond acceptors (Lipinski definition) is 3. The molecule has 1 amide bonds. The van der Waals surface area contributed by atoms with Crippen LogP contribution in [0.1, 0.15) is 5.56 Å². The first-order valence-electron chi connectivity index (χ1n) is 4.63. The van der Waals surface area contributed by atoms with Crippen molar-refractivity contribution in [1.29, 1.82) is 0 Å². The quantitative estimate of drug-likeness (QED) is 0.808. The lowest BCUT2D eigenvalue weighted by Crippen LogP contribution is -2.25. The van der Waals surface area contributed by atoms with Gasteiger partial charge in [0.15, 0.2) is 0 Å². The lowest BCUT2D eigenvalue weighted by atomic mass is 10.1. The summed E-state index contributed by atoms with van der Waals surface area (Å²) in [6.45, 7) is 0. The normalized spacial score (nSPS) is 11.2. The number of hydrogen-bond donors (Lipinski definition) is 1. The zero-order valence-electron chi connectivity index (χ0n) is 9.17. The van der Waals surface area contributed by atoms with Crippen molar-refractivity contribution in [3.05, 3.63) is 29.8 Å². The summed E-state index contributed by atoms with van der Waals surface area (Å²) in [4.78, 5) is 12.9. The summed E-state index contributed by atoms with van der Waals surface area (Å²) < 4.78 is 22.5. The minimum atomic E-state index is -3.78. The minimum absolute atomic E-state index is 0.00481. The van der Waals surface area contributed by atoms with Crippen LogP contribution in [0.5, 0.6) is 0 Å². The molecule has 0 atom stereocenters. The topological polar surface area (TPSA) is 80.5 Å². The van der Waals surface area contributed by atoms with Crippen molar-refractivity contribution in [2.75, 3.05) is 14.1 Å². The second kappa shape index (κ2) is 4.63. The zero-order chi connectivity index (χ0) is 12.3. The second-order valence-corrected chi connectivity index (χ2v) is 5.15. The van der Waals surface area contributed by atoms with Gasteiger partial charge in [0.05, 0.1) is 11.3 Å². The third kappa shape index (κ3) is 3.04. The summed E-state index contributed by atoms with van der Waals surface area (Å²) in [6, 6.07) is 6.23. The van der Waals surface area contributed by atoms with Crippen LogP contribution < -0.4 is 5.14 Å². The van der Waals surface area contributed by atoms with E-state index in [9.17, 15) is 13.2 Å². The molecule has 16 heavy (non-hydrogen) atoms. The van der Waals surface area contributed by atoms with Crippen LogP contribution >= 0.6 is 0 Å². The number of likely N-dealkylation sites (N-methyl/N-ethyl adjacent to an activating group) is 1. The number of primary sulfonamides is 1. The van der Waals surface area contributed by atoms with Crippen LogP contribution in [-0.4, -0.2) is 33.3 Å². The van der Waals surface area contributed by atoms with Crippen molar-refractivity contribution in [1.82, 2.24) is 4.90 Å². The van der Waals surface area contributed by atoms with Gasteiger partial charge in [-0.1, -0.05) is 18.2 Å². The third-order valence-electron chi connectivity index (χ3n) is 2.12. The first-order valence-corrected chi connectivity index (χ1v) is 6.18. The molecule has 0 saturated heterocycles. The van der Waals surface area contributed by atoms with Crippen molar-refractivity contribution in [2.45, 2.75) is 11.3 Å². The molecule has 0 bridgehead atoms. The zero-order valence-corrected chi connectivity index (χ0v) is 9.99. The standard InChI is InChI=1S/C10H14N2O3S/c1-12(2)10(13)7-8-5-3-4-6-9(8)16(11,14)15/h3-6H,7H2,1-2H3,(H2,11,14,15). The van der Waals surface area contributed by atoms with Crippen LogP contribution in [0.3, 0.4) is 0 Å². The molecule has 6 heteroatoms. The molecule has 5 nitrogen and oxygen atoms in total. The highest BCUT2D eigenvalue weighted by molar-refractivity contribution is 7.89. The van der Waals surface area contributed by atoms with Crippen molar-refractivity contribution in [3.8, 4) is 0 Å². The molecule has 0 heterocycles. The maximum Gasteiger partial charge on any atom is 0.238 e. The molecule has 2 N–H and O–H groups in total. The smallest absolute Gasteiger partial charge is 0.238 e. The molecule has 0 spiro atoms. The summed E-state index contributed by atoms with van der Waals surface area (Å²) in [5, 5.41) is 5.06. The van der Waals surface area contributed by atoms with E-state index in [-0.39, 0.29) is 17.2 Å². The Kier molecular flexibility index (Phi) is 3.66. The molecule has 1 rings (SSSR count). The van der Waals surface area contributed by atoms with Crippen LogP contribution in [0, 0.1) is 0 Å². The number of carbonyl (C=O) groups is 1. The molecule has 0 fully saturated rings. The molecule has 0 aliphatic rings. The van der Waals surface area contributed by atoms with Crippen molar-refractivity contribution >= 4 is 15.9 Å². The second-order valence-electron chi connectivity index (χ2n) is 3.62. The van der Waals surface area contributed by atoms with Gasteiger partial charge in [0, 0.05) is 14.1 Å². The van der Waals surface area contributed by atoms with E-state index in [4.69, 9.17) is 5.14 Å². The largest absolute Gasteiger partial charge is 0.349 e. The van der Waals surface area contributed by atoms with E-state index in [1.54, 1.807) is 32.3 Å². The van der Waals surface area contributed by atoms with E-state index < -0.39 is 10.0 Å². The molecule has 1 aromatic rings. The van der Waals surface area contributed by atoms with Crippen molar-refractivity contribution in [2.24, 2.45) is 5.14 Å². The van der Waals surface area contributed by atoms with Gasteiger partial charge in [0.2, 0.25) is 15.9 Å². The van der Waals surface area contributed by atoms with Crippen LogP contribution in [0.2, 0.25) is 0 Å². The highest BCUT2D eigenvalue weighted by Crippen LogP contribution is 2.14. The molecule has 1 aromatic carbocycles. The van der Waals surface area contributed by atoms with Gasteiger partial charge in [-0.3, -0.25) is 4.79 Å². The molecule has 0 unspecified atom stereocenters. The summed E-state index contributed by atoms with van der Waals surface area (Å²) in [5.41, 5.74) is 0.420. The minimum Gasteiger partial charge on any atom is -0.349 e. The van der Waals surface area contributed by atoms with E-state index in [1.165, 1.54) is 11.0 Å². The van der Waals surface area contributed by atoms with Crippen molar-refractivity contribution in [3.63, 3.8) is 0 Å². The van der Waals surface area contributed by atoms with Gasteiger partial charge in [-0.15, -0.1) is 0 Å². The highest BCUT2D eigenvalue weighted by Gasteiger charge is 2.15. The Morgan fingerprint density at radius 3 is 2.38 bits per heavy atom. The van der Waals surface area contributed by atoms with Crippen LogP contribution in [0.15, 0.2) is 29.2 Å². The van der Waals surface area contributed by atoms with Gasteiger partial charge in [0.1, 0.15) is 0 Å². The van der Waals surface area contributed by atoms with Crippen molar-refractivity contribution < 1.29 is 13.2 Å². The van der Waals surface area contributed by atoms with Crippen LogP contribution in [-0.2, 0) is 21.2 Å². The lowest BCUT2D eigenvalue weighted by Gasteiger charge is -2.11. The molecular formula is C10H14N2O3S. The van der Waals surface area contributed by atoms with Gasteiger partial charge in [-0.25, -0.2) is 13.6 Å². The van der Waals surface area contributed by atoms with Crippen LogP contribution in [0.4, 0.5) is 0 Å². The van der Waals surface area contributed by atoms with E-state index >= 15 is 0 Å². The van der Waals surface area contributed by atoms with E-state index in [0.717, 1.165) is 0 Å². The van der Waals surface area contributed by atoms with Gasteiger partial charge < -0.3 is 4.90 Å². The van der Waals surface area contributed by atoms with E-state index in [2.05, 4.69) is 0 Å².